The van der Waals surface area contributed by atoms with Crippen LogP contribution in [0.25, 0.3) is 28.2 Å². The van der Waals surface area contributed by atoms with Crippen LogP contribution >= 0.6 is 23.2 Å². The van der Waals surface area contributed by atoms with Crippen LogP contribution in [0.15, 0.2) is 109 Å². The van der Waals surface area contributed by atoms with Gasteiger partial charge in [0, 0.05) is 23.1 Å². The molecule has 0 aliphatic rings. The number of benzene rings is 4. The Morgan fingerprint density at radius 1 is 0.795 bits per heavy atom. The molecular weight excluding hydrogens is 531 g/mol. The first kappa shape index (κ1) is 26.2. The van der Waals surface area contributed by atoms with Gasteiger partial charge in [-0.1, -0.05) is 96.0 Å². The van der Waals surface area contributed by atoms with Crippen molar-refractivity contribution in [3.63, 3.8) is 0 Å². The summed E-state index contributed by atoms with van der Waals surface area (Å²) in [4.78, 5) is 25.0. The minimum Gasteiger partial charge on any atom is -0.368 e. The van der Waals surface area contributed by atoms with Gasteiger partial charge in [-0.05, 0) is 42.0 Å². The van der Waals surface area contributed by atoms with Gasteiger partial charge in [-0.25, -0.2) is 4.68 Å². The number of hydrogen-bond donors (Lipinski definition) is 2. The number of nitrogens with one attached hydrogen (secondary N) is 1. The SMILES string of the molecule is NC(=O)[C@H](Cc1ccccc1)NC(=O)c1ccc(-c2cc(-c3ccccc3)nn2-c2ccc(Cl)c(Cl)c2)cc1. The lowest BCUT2D eigenvalue weighted by Gasteiger charge is -2.16. The van der Waals surface area contributed by atoms with Gasteiger partial charge in [0.25, 0.3) is 5.91 Å². The van der Waals surface area contributed by atoms with Gasteiger partial charge in [0.1, 0.15) is 6.04 Å². The van der Waals surface area contributed by atoms with Gasteiger partial charge < -0.3 is 11.1 Å². The maximum atomic E-state index is 13.0. The molecule has 0 spiro atoms. The van der Waals surface area contributed by atoms with Crippen LogP contribution in [0.2, 0.25) is 10.0 Å². The number of carbonyl (C=O) groups excluding carboxylic acids is 2. The highest BCUT2D eigenvalue weighted by Crippen LogP contribution is 2.31. The predicted octanol–water partition coefficient (Wildman–Crippen LogP) is 6.34. The Hall–Kier alpha value is -4.39. The van der Waals surface area contributed by atoms with E-state index in [1.54, 1.807) is 28.9 Å². The van der Waals surface area contributed by atoms with E-state index in [-0.39, 0.29) is 5.91 Å². The summed E-state index contributed by atoms with van der Waals surface area (Å²) >= 11 is 12.5. The number of nitrogens with two attached hydrogens (primary N) is 1. The largest absolute Gasteiger partial charge is 0.368 e. The summed E-state index contributed by atoms with van der Waals surface area (Å²) in [6, 6.07) is 32.8. The average molecular weight is 555 g/mol. The van der Waals surface area contributed by atoms with Crippen LogP contribution in [0.1, 0.15) is 15.9 Å². The van der Waals surface area contributed by atoms with Crippen LogP contribution in [0.4, 0.5) is 0 Å². The van der Waals surface area contributed by atoms with Crippen molar-refractivity contribution in [2.45, 2.75) is 12.5 Å². The van der Waals surface area contributed by atoms with E-state index in [4.69, 9.17) is 34.0 Å². The number of nitrogens with zero attached hydrogens (tertiary/aromatic N) is 2. The van der Waals surface area contributed by atoms with Crippen molar-refractivity contribution in [3.05, 3.63) is 130 Å². The number of carbonyl (C=O) groups is 2. The lowest BCUT2D eigenvalue weighted by molar-refractivity contribution is -0.119. The molecule has 5 rings (SSSR count). The fourth-order valence-electron chi connectivity index (χ4n) is 4.26. The number of aromatic nitrogens is 2. The van der Waals surface area contributed by atoms with Crippen LogP contribution in [0, 0.1) is 0 Å². The molecule has 5 aromatic rings. The summed E-state index contributed by atoms with van der Waals surface area (Å²) in [6.45, 7) is 0. The van der Waals surface area contributed by atoms with E-state index in [0.717, 1.165) is 33.8 Å². The number of amides is 2. The standard InChI is InChI=1S/C31H24Cl2N4O2/c32-25-16-15-24(18-26(25)33)37-29(19-27(36-37)21-9-5-2-6-10-21)22-11-13-23(14-12-22)31(39)35-28(30(34)38)17-20-7-3-1-4-8-20/h1-16,18-19,28H,17H2,(H2,34,38)(H,35,39)/t28-/m0/s1. The van der Waals surface area contributed by atoms with E-state index in [0.29, 0.717) is 22.0 Å². The molecule has 194 valence electrons. The molecule has 0 radical (unpaired) electrons. The average Bonchev–Trinajstić information content (AvgIpc) is 3.41. The van der Waals surface area contributed by atoms with Crippen molar-refractivity contribution in [2.75, 3.05) is 0 Å². The molecule has 2 amide bonds. The lowest BCUT2D eigenvalue weighted by Crippen LogP contribution is -2.45. The Balaban J connectivity index is 1.44. The highest BCUT2D eigenvalue weighted by atomic mass is 35.5. The van der Waals surface area contributed by atoms with Crippen molar-refractivity contribution in [2.24, 2.45) is 5.73 Å². The van der Waals surface area contributed by atoms with E-state index in [9.17, 15) is 9.59 Å². The van der Waals surface area contributed by atoms with Crippen molar-refractivity contribution in [1.82, 2.24) is 15.1 Å². The fraction of sp³-hybridized carbons (Fsp3) is 0.0645. The predicted molar refractivity (Wildman–Crippen MR) is 155 cm³/mol. The highest BCUT2D eigenvalue weighted by Gasteiger charge is 2.20. The first-order valence-electron chi connectivity index (χ1n) is 12.2. The molecule has 0 fully saturated rings. The summed E-state index contributed by atoms with van der Waals surface area (Å²) in [7, 11) is 0. The van der Waals surface area contributed by atoms with Crippen LogP contribution < -0.4 is 11.1 Å². The smallest absolute Gasteiger partial charge is 0.251 e. The molecule has 0 saturated carbocycles. The summed E-state index contributed by atoms with van der Waals surface area (Å²) in [5.74, 6) is -0.980. The van der Waals surface area contributed by atoms with Crippen LogP contribution in [0.3, 0.4) is 0 Å². The molecule has 1 atom stereocenters. The normalized spacial score (nSPS) is 11.6. The molecule has 39 heavy (non-hydrogen) atoms. The Morgan fingerprint density at radius 2 is 1.46 bits per heavy atom. The van der Waals surface area contributed by atoms with Gasteiger partial charge in [-0.15, -0.1) is 0 Å². The van der Waals surface area contributed by atoms with Crippen molar-refractivity contribution < 1.29 is 9.59 Å². The molecule has 0 saturated heterocycles. The Bertz CT molecular complexity index is 1620. The molecule has 3 N–H and O–H groups in total. The molecule has 8 heteroatoms. The maximum Gasteiger partial charge on any atom is 0.251 e. The number of rotatable bonds is 8. The molecular formula is C31H24Cl2N4O2. The molecule has 1 aromatic heterocycles. The van der Waals surface area contributed by atoms with E-state index in [1.165, 1.54) is 0 Å². The summed E-state index contributed by atoms with van der Waals surface area (Å²) in [5, 5.41) is 8.47. The van der Waals surface area contributed by atoms with Crippen LogP contribution in [-0.4, -0.2) is 27.6 Å². The zero-order valence-corrected chi connectivity index (χ0v) is 22.2. The lowest BCUT2D eigenvalue weighted by atomic mass is 10.0. The Morgan fingerprint density at radius 3 is 2.10 bits per heavy atom. The third-order valence-electron chi connectivity index (χ3n) is 6.30. The fourth-order valence-corrected chi connectivity index (χ4v) is 4.55. The van der Waals surface area contributed by atoms with E-state index in [2.05, 4.69) is 5.32 Å². The third-order valence-corrected chi connectivity index (χ3v) is 7.04. The quantitative estimate of drug-likeness (QED) is 0.234. The Kier molecular flexibility index (Phi) is 7.77. The van der Waals surface area contributed by atoms with E-state index in [1.807, 2.05) is 84.9 Å². The number of hydrogen-bond acceptors (Lipinski definition) is 3. The topological polar surface area (TPSA) is 90.0 Å². The molecule has 6 nitrogen and oxygen atoms in total. The van der Waals surface area contributed by atoms with E-state index >= 15 is 0 Å². The van der Waals surface area contributed by atoms with Gasteiger partial charge >= 0.3 is 0 Å². The maximum absolute atomic E-state index is 13.0. The van der Waals surface area contributed by atoms with E-state index < -0.39 is 11.9 Å². The monoisotopic (exact) mass is 554 g/mol. The van der Waals surface area contributed by atoms with Gasteiger partial charge in [-0.3, -0.25) is 9.59 Å². The van der Waals surface area contributed by atoms with Crippen molar-refractivity contribution >= 4 is 35.0 Å². The second kappa shape index (κ2) is 11.6. The minimum absolute atomic E-state index is 0.311. The Labute approximate surface area is 236 Å². The zero-order chi connectivity index (χ0) is 27.4. The second-order valence-corrected chi connectivity index (χ2v) is 9.80. The van der Waals surface area contributed by atoms with Gasteiger partial charge in [0.05, 0.1) is 27.1 Å². The zero-order valence-electron chi connectivity index (χ0n) is 20.7. The third kappa shape index (κ3) is 6.03. The van der Waals surface area contributed by atoms with Crippen LogP contribution in [0.5, 0.6) is 0 Å². The molecule has 4 aromatic carbocycles. The molecule has 0 aliphatic heterocycles. The molecule has 0 bridgehead atoms. The van der Waals surface area contributed by atoms with Gasteiger partial charge in [-0.2, -0.15) is 5.10 Å². The molecule has 1 heterocycles. The second-order valence-electron chi connectivity index (χ2n) is 8.99. The van der Waals surface area contributed by atoms with Crippen molar-refractivity contribution in [3.8, 4) is 28.2 Å². The first-order valence-corrected chi connectivity index (χ1v) is 13.0. The minimum atomic E-state index is -0.830. The summed E-state index contributed by atoms with van der Waals surface area (Å²) < 4.78 is 1.79. The van der Waals surface area contributed by atoms with Crippen molar-refractivity contribution in [1.29, 1.82) is 0 Å². The highest BCUT2D eigenvalue weighted by molar-refractivity contribution is 6.42. The van der Waals surface area contributed by atoms with Gasteiger partial charge in [0.2, 0.25) is 5.91 Å². The number of halogens is 2. The molecule has 0 aliphatic carbocycles. The number of primary amides is 1. The first-order chi connectivity index (χ1) is 18.9. The van der Waals surface area contributed by atoms with Crippen LogP contribution in [-0.2, 0) is 11.2 Å². The molecule has 0 unspecified atom stereocenters. The summed E-state index contributed by atoms with van der Waals surface area (Å²) in [5.41, 5.74) is 11.0. The van der Waals surface area contributed by atoms with Gasteiger partial charge in [0.15, 0.2) is 0 Å². The summed E-state index contributed by atoms with van der Waals surface area (Å²) in [6.07, 6.45) is 0.311.